The molecule has 98 valence electrons. The van der Waals surface area contributed by atoms with Gasteiger partial charge in [-0.25, -0.2) is 9.67 Å². The van der Waals surface area contributed by atoms with E-state index in [4.69, 9.17) is 0 Å². The van der Waals surface area contributed by atoms with Crippen LogP contribution in [0, 0.1) is 6.92 Å². The molecule has 3 aromatic heterocycles. The van der Waals surface area contributed by atoms with Crippen LogP contribution in [-0.4, -0.2) is 21.8 Å². The number of hydrogen-bond acceptors (Lipinski definition) is 4. The smallest absolute Gasteiger partial charge is 0.158 e. The Labute approximate surface area is 116 Å². The summed E-state index contributed by atoms with van der Waals surface area (Å²) in [6.07, 6.45) is 3.81. The molecule has 4 nitrogen and oxygen atoms in total. The van der Waals surface area contributed by atoms with Gasteiger partial charge in [-0.05, 0) is 42.6 Å². The van der Waals surface area contributed by atoms with Crippen LogP contribution in [0.15, 0.2) is 29.9 Å². The zero-order valence-electron chi connectivity index (χ0n) is 11.1. The molecule has 0 atom stereocenters. The van der Waals surface area contributed by atoms with Crippen molar-refractivity contribution >= 4 is 22.4 Å². The molecule has 0 unspecified atom stereocenters. The predicted octanol–water partition coefficient (Wildman–Crippen LogP) is 2.57. The van der Waals surface area contributed by atoms with Crippen molar-refractivity contribution in [3.05, 3.63) is 45.9 Å². The summed E-state index contributed by atoms with van der Waals surface area (Å²) in [5.41, 5.74) is 3.45. The van der Waals surface area contributed by atoms with Crippen molar-refractivity contribution in [2.75, 3.05) is 7.05 Å². The minimum absolute atomic E-state index is 0.797. The number of pyridine rings is 1. The van der Waals surface area contributed by atoms with E-state index >= 15 is 0 Å². The summed E-state index contributed by atoms with van der Waals surface area (Å²) in [6.45, 7) is 3.76. The van der Waals surface area contributed by atoms with E-state index in [0.717, 1.165) is 24.1 Å². The van der Waals surface area contributed by atoms with Gasteiger partial charge in [0.2, 0.25) is 0 Å². The Balaban J connectivity index is 1.95. The van der Waals surface area contributed by atoms with Crippen LogP contribution in [0.1, 0.15) is 16.0 Å². The standard InChI is InChI=1S/C14H16N4S/c1-10-3-4-19-13(10)9-18-14-12(8-17-18)5-11(6-15-2)7-16-14/h3-5,7-8,15H,6,9H2,1-2H3. The molecule has 0 aliphatic carbocycles. The highest BCUT2D eigenvalue weighted by molar-refractivity contribution is 7.10. The van der Waals surface area contributed by atoms with E-state index in [0.29, 0.717) is 0 Å². The highest BCUT2D eigenvalue weighted by atomic mass is 32.1. The quantitative estimate of drug-likeness (QED) is 0.794. The molecular weight excluding hydrogens is 256 g/mol. The first-order valence-electron chi connectivity index (χ1n) is 6.26. The van der Waals surface area contributed by atoms with Crippen molar-refractivity contribution in [1.29, 1.82) is 0 Å². The van der Waals surface area contributed by atoms with Gasteiger partial charge in [-0.2, -0.15) is 5.10 Å². The minimum atomic E-state index is 0.797. The van der Waals surface area contributed by atoms with Gasteiger partial charge in [0.05, 0.1) is 12.7 Å². The maximum absolute atomic E-state index is 4.54. The zero-order valence-corrected chi connectivity index (χ0v) is 11.9. The largest absolute Gasteiger partial charge is 0.316 e. The van der Waals surface area contributed by atoms with Crippen LogP contribution in [0.2, 0.25) is 0 Å². The monoisotopic (exact) mass is 272 g/mol. The van der Waals surface area contributed by atoms with Gasteiger partial charge in [0.15, 0.2) is 5.65 Å². The summed E-state index contributed by atoms with van der Waals surface area (Å²) in [4.78, 5) is 5.87. The third kappa shape index (κ3) is 2.39. The summed E-state index contributed by atoms with van der Waals surface area (Å²) in [7, 11) is 1.94. The Bertz CT molecular complexity index is 698. The lowest BCUT2D eigenvalue weighted by Gasteiger charge is -2.03. The second-order valence-electron chi connectivity index (χ2n) is 4.62. The zero-order chi connectivity index (χ0) is 13.2. The van der Waals surface area contributed by atoms with E-state index < -0.39 is 0 Å². The molecule has 3 rings (SSSR count). The van der Waals surface area contributed by atoms with E-state index in [1.165, 1.54) is 16.0 Å². The topological polar surface area (TPSA) is 42.7 Å². The number of fused-ring (bicyclic) bond motifs is 1. The average Bonchev–Trinajstić information content (AvgIpc) is 2.98. The van der Waals surface area contributed by atoms with Crippen LogP contribution in [0.3, 0.4) is 0 Å². The van der Waals surface area contributed by atoms with Gasteiger partial charge < -0.3 is 5.32 Å². The van der Waals surface area contributed by atoms with Gasteiger partial charge in [-0.1, -0.05) is 0 Å². The summed E-state index contributed by atoms with van der Waals surface area (Å²) in [5.74, 6) is 0. The van der Waals surface area contributed by atoms with Gasteiger partial charge >= 0.3 is 0 Å². The first-order valence-corrected chi connectivity index (χ1v) is 7.14. The lowest BCUT2D eigenvalue weighted by Crippen LogP contribution is -2.06. The molecule has 0 spiro atoms. The molecule has 5 heteroatoms. The maximum Gasteiger partial charge on any atom is 0.158 e. The molecule has 0 bridgehead atoms. The van der Waals surface area contributed by atoms with E-state index in [9.17, 15) is 0 Å². The van der Waals surface area contributed by atoms with Gasteiger partial charge in [0, 0.05) is 23.0 Å². The summed E-state index contributed by atoms with van der Waals surface area (Å²) < 4.78 is 1.97. The minimum Gasteiger partial charge on any atom is -0.316 e. The number of nitrogens with zero attached hydrogens (tertiary/aromatic N) is 3. The van der Waals surface area contributed by atoms with Gasteiger partial charge in [-0.3, -0.25) is 0 Å². The molecular formula is C14H16N4S. The van der Waals surface area contributed by atoms with Crippen LogP contribution in [0.5, 0.6) is 0 Å². The first-order chi connectivity index (χ1) is 9.28. The summed E-state index contributed by atoms with van der Waals surface area (Å²) >= 11 is 1.77. The van der Waals surface area contributed by atoms with Crippen molar-refractivity contribution in [1.82, 2.24) is 20.1 Å². The van der Waals surface area contributed by atoms with Crippen LogP contribution in [0.4, 0.5) is 0 Å². The molecule has 0 amide bonds. The predicted molar refractivity (Wildman–Crippen MR) is 78.4 cm³/mol. The summed E-state index contributed by atoms with van der Waals surface area (Å²) in [5, 5.41) is 10.8. The van der Waals surface area contributed by atoms with Crippen molar-refractivity contribution < 1.29 is 0 Å². The van der Waals surface area contributed by atoms with E-state index in [1.807, 2.05) is 24.1 Å². The normalized spacial score (nSPS) is 11.3. The molecule has 3 heterocycles. The van der Waals surface area contributed by atoms with Crippen LogP contribution in [-0.2, 0) is 13.1 Å². The Morgan fingerprint density at radius 3 is 3.00 bits per heavy atom. The molecule has 0 saturated heterocycles. The fourth-order valence-corrected chi connectivity index (χ4v) is 3.02. The van der Waals surface area contributed by atoms with Crippen molar-refractivity contribution in [2.24, 2.45) is 0 Å². The van der Waals surface area contributed by atoms with Crippen LogP contribution >= 0.6 is 11.3 Å². The SMILES string of the molecule is CNCc1cnc2c(cnn2Cc2sccc2C)c1. The molecule has 0 aliphatic rings. The third-order valence-corrected chi connectivity index (χ3v) is 4.18. The molecule has 19 heavy (non-hydrogen) atoms. The molecule has 1 N–H and O–H groups in total. The maximum atomic E-state index is 4.54. The number of hydrogen-bond donors (Lipinski definition) is 1. The molecule has 3 aromatic rings. The Morgan fingerprint density at radius 1 is 1.37 bits per heavy atom. The molecule has 0 fully saturated rings. The Kier molecular flexibility index (Phi) is 3.31. The second-order valence-corrected chi connectivity index (χ2v) is 5.62. The van der Waals surface area contributed by atoms with E-state index in [2.05, 4.69) is 39.8 Å². The van der Waals surface area contributed by atoms with Crippen LogP contribution in [0.25, 0.3) is 11.0 Å². The molecule has 0 saturated carbocycles. The third-order valence-electron chi connectivity index (χ3n) is 3.17. The molecule has 0 radical (unpaired) electrons. The molecule has 0 aromatic carbocycles. The first kappa shape index (κ1) is 12.3. The van der Waals surface area contributed by atoms with Gasteiger partial charge in [0.25, 0.3) is 0 Å². The van der Waals surface area contributed by atoms with Gasteiger partial charge in [0.1, 0.15) is 0 Å². The lowest BCUT2D eigenvalue weighted by atomic mass is 10.2. The van der Waals surface area contributed by atoms with E-state index in [-0.39, 0.29) is 0 Å². The number of rotatable bonds is 4. The van der Waals surface area contributed by atoms with E-state index in [1.54, 1.807) is 11.3 Å². The number of thiophene rings is 1. The highest BCUT2D eigenvalue weighted by Crippen LogP contribution is 2.19. The average molecular weight is 272 g/mol. The van der Waals surface area contributed by atoms with Crippen molar-refractivity contribution in [2.45, 2.75) is 20.0 Å². The number of nitrogens with one attached hydrogen (secondary N) is 1. The Hall–Kier alpha value is -1.72. The number of aryl methyl sites for hydroxylation is 1. The molecule has 0 aliphatic heterocycles. The van der Waals surface area contributed by atoms with Crippen molar-refractivity contribution in [3.8, 4) is 0 Å². The van der Waals surface area contributed by atoms with Crippen LogP contribution < -0.4 is 5.32 Å². The highest BCUT2D eigenvalue weighted by Gasteiger charge is 2.07. The fraction of sp³-hybridized carbons (Fsp3) is 0.286. The van der Waals surface area contributed by atoms with Crippen molar-refractivity contribution in [3.63, 3.8) is 0 Å². The van der Waals surface area contributed by atoms with Gasteiger partial charge in [-0.15, -0.1) is 11.3 Å². The lowest BCUT2D eigenvalue weighted by molar-refractivity contribution is 0.709. The second kappa shape index (κ2) is 5.11. The Morgan fingerprint density at radius 2 is 2.26 bits per heavy atom. The number of aromatic nitrogens is 3. The summed E-state index contributed by atoms with van der Waals surface area (Å²) in [6, 6.07) is 4.29. The fourth-order valence-electron chi connectivity index (χ4n) is 2.14.